The van der Waals surface area contributed by atoms with Crippen molar-refractivity contribution < 1.29 is 14.3 Å². The lowest BCUT2D eigenvalue weighted by molar-refractivity contribution is -0.124. The number of halogens is 1. The molecule has 1 atom stereocenters. The number of carbonyl (C=O) groups excluding carboxylic acids is 2. The van der Waals surface area contributed by atoms with Crippen LogP contribution in [0, 0.1) is 0 Å². The van der Waals surface area contributed by atoms with Crippen LogP contribution in [0.1, 0.15) is 28.2 Å². The molecule has 0 aliphatic heterocycles. The summed E-state index contributed by atoms with van der Waals surface area (Å²) in [6.45, 7) is 1.57. The number of hydrogen-bond donors (Lipinski definition) is 1. The predicted octanol–water partition coefficient (Wildman–Crippen LogP) is 3.44. The Balaban J connectivity index is 1.81. The Morgan fingerprint density at radius 2 is 2.00 bits per heavy atom. The number of benzene rings is 1. The van der Waals surface area contributed by atoms with Crippen molar-refractivity contribution in [2.45, 2.75) is 13.0 Å². The van der Waals surface area contributed by atoms with Gasteiger partial charge in [0.15, 0.2) is 6.61 Å². The number of esters is 1. The second kappa shape index (κ2) is 7.24. The maximum Gasteiger partial charge on any atom is 0.338 e. The minimum Gasteiger partial charge on any atom is -0.452 e. The highest BCUT2D eigenvalue weighted by Crippen LogP contribution is 2.17. The smallest absolute Gasteiger partial charge is 0.338 e. The van der Waals surface area contributed by atoms with E-state index in [2.05, 4.69) is 5.32 Å². The third kappa shape index (κ3) is 4.58. The first kappa shape index (κ1) is 15.5. The number of amides is 1. The van der Waals surface area contributed by atoms with Crippen molar-refractivity contribution in [2.75, 3.05) is 6.61 Å². The summed E-state index contributed by atoms with van der Waals surface area (Å²) in [6, 6.07) is 10.0. The molecular formula is C15H14ClNO3S. The van der Waals surface area contributed by atoms with Gasteiger partial charge in [0.1, 0.15) is 0 Å². The Kier molecular flexibility index (Phi) is 5.36. The Bertz CT molecular complexity index is 610. The van der Waals surface area contributed by atoms with Crippen molar-refractivity contribution in [3.63, 3.8) is 0 Å². The highest BCUT2D eigenvalue weighted by atomic mass is 35.5. The van der Waals surface area contributed by atoms with E-state index in [4.69, 9.17) is 16.3 Å². The van der Waals surface area contributed by atoms with Gasteiger partial charge in [-0.25, -0.2) is 4.79 Å². The number of carbonyl (C=O) groups is 2. The molecule has 0 saturated carbocycles. The quantitative estimate of drug-likeness (QED) is 0.858. The van der Waals surface area contributed by atoms with E-state index < -0.39 is 5.97 Å². The Morgan fingerprint density at radius 3 is 2.62 bits per heavy atom. The van der Waals surface area contributed by atoms with Crippen LogP contribution >= 0.6 is 22.9 Å². The first-order chi connectivity index (χ1) is 10.1. The second-order valence-corrected chi connectivity index (χ2v) is 5.80. The molecule has 2 rings (SSSR count). The summed E-state index contributed by atoms with van der Waals surface area (Å²) in [5, 5.41) is 5.25. The maximum absolute atomic E-state index is 11.7. The summed E-state index contributed by atoms with van der Waals surface area (Å²) in [6.07, 6.45) is 0. The van der Waals surface area contributed by atoms with Crippen LogP contribution in [0.5, 0.6) is 0 Å². The average Bonchev–Trinajstić information content (AvgIpc) is 3.00. The molecule has 2 aromatic rings. The fourth-order valence-electron chi connectivity index (χ4n) is 1.69. The summed E-state index contributed by atoms with van der Waals surface area (Å²) in [5.74, 6) is -0.885. The van der Waals surface area contributed by atoms with E-state index >= 15 is 0 Å². The molecule has 21 heavy (non-hydrogen) atoms. The zero-order chi connectivity index (χ0) is 15.2. The van der Waals surface area contributed by atoms with E-state index in [1.807, 2.05) is 24.4 Å². The first-order valence-corrected chi connectivity index (χ1v) is 7.57. The topological polar surface area (TPSA) is 55.4 Å². The normalized spacial score (nSPS) is 11.7. The lowest BCUT2D eigenvalue weighted by Crippen LogP contribution is -2.30. The monoisotopic (exact) mass is 323 g/mol. The Morgan fingerprint density at radius 1 is 1.29 bits per heavy atom. The molecule has 1 amide bonds. The number of rotatable bonds is 5. The van der Waals surface area contributed by atoms with Crippen molar-refractivity contribution in [1.29, 1.82) is 0 Å². The molecule has 1 heterocycles. The van der Waals surface area contributed by atoms with E-state index in [-0.39, 0.29) is 18.6 Å². The van der Waals surface area contributed by atoms with Crippen LogP contribution in [0.4, 0.5) is 0 Å². The van der Waals surface area contributed by atoms with Gasteiger partial charge >= 0.3 is 5.97 Å². The summed E-state index contributed by atoms with van der Waals surface area (Å²) >= 11 is 7.30. The molecule has 6 heteroatoms. The van der Waals surface area contributed by atoms with Crippen LogP contribution < -0.4 is 5.32 Å². The highest BCUT2D eigenvalue weighted by Gasteiger charge is 2.13. The molecule has 110 valence electrons. The van der Waals surface area contributed by atoms with Gasteiger partial charge in [0.2, 0.25) is 0 Å². The molecule has 1 aromatic heterocycles. The van der Waals surface area contributed by atoms with Crippen LogP contribution in [-0.2, 0) is 9.53 Å². The van der Waals surface area contributed by atoms with E-state index in [0.717, 1.165) is 4.88 Å². The minimum absolute atomic E-state index is 0.105. The van der Waals surface area contributed by atoms with Crippen LogP contribution in [-0.4, -0.2) is 18.5 Å². The number of thiophene rings is 1. The van der Waals surface area contributed by atoms with E-state index in [9.17, 15) is 9.59 Å². The van der Waals surface area contributed by atoms with Crippen LogP contribution in [0.2, 0.25) is 5.02 Å². The van der Waals surface area contributed by atoms with Gasteiger partial charge in [0.25, 0.3) is 5.91 Å². The van der Waals surface area contributed by atoms with Gasteiger partial charge in [-0.2, -0.15) is 0 Å². The lowest BCUT2D eigenvalue weighted by Gasteiger charge is -2.12. The van der Waals surface area contributed by atoms with Gasteiger partial charge in [-0.1, -0.05) is 17.7 Å². The maximum atomic E-state index is 11.7. The third-order valence-electron chi connectivity index (χ3n) is 2.76. The van der Waals surface area contributed by atoms with Crippen LogP contribution in [0.25, 0.3) is 0 Å². The molecular weight excluding hydrogens is 310 g/mol. The molecule has 4 nitrogen and oxygen atoms in total. The van der Waals surface area contributed by atoms with Crippen molar-refractivity contribution in [3.8, 4) is 0 Å². The van der Waals surface area contributed by atoms with Crippen LogP contribution in [0.3, 0.4) is 0 Å². The molecule has 0 fully saturated rings. The van der Waals surface area contributed by atoms with Gasteiger partial charge in [0, 0.05) is 9.90 Å². The third-order valence-corrected chi connectivity index (χ3v) is 4.07. The molecule has 0 bridgehead atoms. The number of nitrogens with one attached hydrogen (secondary N) is 1. The molecule has 0 aliphatic carbocycles. The largest absolute Gasteiger partial charge is 0.452 e. The molecule has 1 N–H and O–H groups in total. The molecule has 0 saturated heterocycles. The van der Waals surface area contributed by atoms with Gasteiger partial charge in [0.05, 0.1) is 11.6 Å². The fourth-order valence-corrected chi connectivity index (χ4v) is 2.55. The predicted molar refractivity (Wildman–Crippen MR) is 82.6 cm³/mol. The summed E-state index contributed by atoms with van der Waals surface area (Å²) in [4.78, 5) is 24.5. The van der Waals surface area contributed by atoms with E-state index in [1.54, 1.807) is 35.6 Å². The van der Waals surface area contributed by atoms with Crippen LogP contribution in [0.15, 0.2) is 41.8 Å². The van der Waals surface area contributed by atoms with Gasteiger partial charge < -0.3 is 10.1 Å². The Labute approximate surface area is 131 Å². The molecule has 0 unspecified atom stereocenters. The van der Waals surface area contributed by atoms with Gasteiger partial charge in [-0.3, -0.25) is 4.79 Å². The van der Waals surface area contributed by atoms with E-state index in [0.29, 0.717) is 10.6 Å². The molecule has 0 aliphatic rings. The highest BCUT2D eigenvalue weighted by molar-refractivity contribution is 7.10. The molecule has 0 spiro atoms. The summed E-state index contributed by atoms with van der Waals surface area (Å²) < 4.78 is 4.96. The first-order valence-electron chi connectivity index (χ1n) is 6.31. The number of hydrogen-bond acceptors (Lipinski definition) is 4. The van der Waals surface area contributed by atoms with Crippen molar-refractivity contribution in [2.24, 2.45) is 0 Å². The lowest BCUT2D eigenvalue weighted by atomic mass is 10.2. The second-order valence-electron chi connectivity index (χ2n) is 4.39. The van der Waals surface area contributed by atoms with Crippen molar-refractivity contribution in [3.05, 3.63) is 57.2 Å². The zero-order valence-electron chi connectivity index (χ0n) is 11.3. The van der Waals surface area contributed by atoms with Gasteiger partial charge in [-0.15, -0.1) is 11.3 Å². The van der Waals surface area contributed by atoms with Crippen molar-refractivity contribution in [1.82, 2.24) is 5.32 Å². The SMILES string of the molecule is C[C@H](NC(=O)COC(=O)c1ccc(Cl)cc1)c1cccs1. The zero-order valence-corrected chi connectivity index (χ0v) is 12.9. The molecule has 1 aromatic carbocycles. The van der Waals surface area contributed by atoms with Crippen molar-refractivity contribution >= 4 is 34.8 Å². The Hall–Kier alpha value is -1.85. The number of ether oxygens (including phenoxy) is 1. The van der Waals surface area contributed by atoms with E-state index in [1.165, 1.54) is 0 Å². The summed E-state index contributed by atoms with van der Waals surface area (Å²) in [5.41, 5.74) is 0.360. The fraction of sp³-hybridized carbons (Fsp3) is 0.200. The standard InChI is InChI=1S/C15H14ClNO3S/c1-10(13-3-2-8-21-13)17-14(18)9-20-15(19)11-4-6-12(16)7-5-11/h2-8,10H,9H2,1H3,(H,17,18)/t10-/m0/s1. The minimum atomic E-state index is -0.550. The average molecular weight is 324 g/mol. The molecule has 0 radical (unpaired) electrons. The van der Waals surface area contributed by atoms with Gasteiger partial charge in [-0.05, 0) is 42.6 Å². The summed E-state index contributed by atoms with van der Waals surface area (Å²) in [7, 11) is 0.